The average molecular weight is 319 g/mol. The van der Waals surface area contributed by atoms with E-state index in [0.717, 1.165) is 0 Å². The average Bonchev–Trinajstić information content (AvgIpc) is 2.32. The van der Waals surface area contributed by atoms with Crippen molar-refractivity contribution in [2.75, 3.05) is 20.3 Å². The molecule has 18 heavy (non-hydrogen) atoms. The van der Waals surface area contributed by atoms with Gasteiger partial charge in [0, 0.05) is 13.7 Å². The molecule has 1 unspecified atom stereocenters. The number of methoxy groups -OCH3 is 1. The first-order chi connectivity index (χ1) is 8.41. The molecule has 0 aliphatic heterocycles. The van der Waals surface area contributed by atoms with Crippen molar-refractivity contribution in [3.05, 3.63) is 34.1 Å². The fourth-order valence-corrected chi connectivity index (χ4v) is 1.92. The Balaban J connectivity index is 3.02. The van der Waals surface area contributed by atoms with E-state index in [-0.39, 0.29) is 5.82 Å². The fourth-order valence-electron chi connectivity index (χ4n) is 1.54. The maximum absolute atomic E-state index is 13.2. The van der Waals surface area contributed by atoms with Gasteiger partial charge in [-0.2, -0.15) is 0 Å². The largest absolute Gasteiger partial charge is 0.383 e. The summed E-state index contributed by atoms with van der Waals surface area (Å²) in [7, 11) is 1.57. The van der Waals surface area contributed by atoms with Crippen LogP contribution in [0.4, 0.5) is 4.39 Å². The van der Waals surface area contributed by atoms with Crippen molar-refractivity contribution in [1.29, 1.82) is 0 Å². The van der Waals surface area contributed by atoms with E-state index in [1.807, 2.05) is 0 Å². The molecule has 3 N–H and O–H groups in total. The van der Waals surface area contributed by atoms with Gasteiger partial charge in [-0.3, -0.25) is 10.1 Å². The van der Waals surface area contributed by atoms with Gasteiger partial charge < -0.3 is 10.5 Å². The number of halogens is 2. The van der Waals surface area contributed by atoms with Gasteiger partial charge in [0.15, 0.2) is 0 Å². The van der Waals surface area contributed by atoms with Gasteiger partial charge in [-0.05, 0) is 40.5 Å². The van der Waals surface area contributed by atoms with Crippen molar-refractivity contribution in [1.82, 2.24) is 5.32 Å². The first-order valence-corrected chi connectivity index (χ1v) is 6.20. The van der Waals surface area contributed by atoms with Crippen LogP contribution in [-0.4, -0.2) is 26.2 Å². The topological polar surface area (TPSA) is 64.3 Å². The number of hydrogen-bond donors (Lipinski definition) is 2. The Bertz CT molecular complexity index is 442. The fraction of sp³-hybridized carbons (Fsp3) is 0.417. The molecule has 0 radical (unpaired) electrons. The number of hydrogen-bond acceptors (Lipinski definition) is 3. The van der Waals surface area contributed by atoms with Crippen LogP contribution in [0.25, 0.3) is 0 Å². The number of carbonyl (C=O) groups excluding carboxylic acids is 1. The van der Waals surface area contributed by atoms with E-state index in [0.29, 0.717) is 23.2 Å². The summed E-state index contributed by atoms with van der Waals surface area (Å²) in [5.41, 5.74) is 4.96. The smallest absolute Gasteiger partial charge is 0.242 e. The highest BCUT2D eigenvalue weighted by atomic mass is 79.9. The molecule has 0 spiro atoms. The van der Waals surface area contributed by atoms with Crippen molar-refractivity contribution in [3.8, 4) is 0 Å². The van der Waals surface area contributed by atoms with Crippen LogP contribution in [0.3, 0.4) is 0 Å². The Hall–Kier alpha value is -0.980. The highest BCUT2D eigenvalue weighted by Gasteiger charge is 2.32. The van der Waals surface area contributed by atoms with Crippen LogP contribution < -0.4 is 11.1 Å². The zero-order valence-electron chi connectivity index (χ0n) is 10.3. The van der Waals surface area contributed by atoms with Crippen molar-refractivity contribution < 1.29 is 13.9 Å². The minimum Gasteiger partial charge on any atom is -0.383 e. The van der Waals surface area contributed by atoms with Gasteiger partial charge >= 0.3 is 0 Å². The summed E-state index contributed by atoms with van der Waals surface area (Å²) in [6.07, 6.45) is 0. The van der Waals surface area contributed by atoms with E-state index in [1.165, 1.54) is 12.1 Å². The van der Waals surface area contributed by atoms with Gasteiger partial charge in [-0.1, -0.05) is 6.07 Å². The van der Waals surface area contributed by atoms with E-state index < -0.39 is 11.4 Å². The molecule has 0 fully saturated rings. The monoisotopic (exact) mass is 318 g/mol. The predicted octanol–water partition coefficient (Wildman–Crippen LogP) is 1.52. The number of benzene rings is 1. The molecule has 0 aliphatic carbocycles. The molecule has 0 saturated carbocycles. The summed E-state index contributed by atoms with van der Waals surface area (Å²) in [6, 6.07) is 4.36. The molecule has 1 aromatic carbocycles. The van der Waals surface area contributed by atoms with Gasteiger partial charge in [-0.15, -0.1) is 0 Å². The first kappa shape index (κ1) is 15.1. The van der Waals surface area contributed by atoms with Crippen LogP contribution in [0.15, 0.2) is 22.7 Å². The molecule has 6 heteroatoms. The van der Waals surface area contributed by atoms with Crippen LogP contribution in [0.1, 0.15) is 12.5 Å². The third-order valence-corrected chi connectivity index (χ3v) is 3.38. The van der Waals surface area contributed by atoms with E-state index >= 15 is 0 Å². The molecule has 0 bridgehead atoms. The Morgan fingerprint density at radius 3 is 2.78 bits per heavy atom. The number of primary amides is 1. The third kappa shape index (κ3) is 3.28. The van der Waals surface area contributed by atoms with Crippen LogP contribution >= 0.6 is 15.9 Å². The number of carbonyl (C=O) groups is 1. The zero-order valence-corrected chi connectivity index (χ0v) is 11.9. The molecular formula is C12H16BrFN2O2. The first-order valence-electron chi connectivity index (χ1n) is 5.41. The van der Waals surface area contributed by atoms with Crippen LogP contribution in [-0.2, 0) is 15.1 Å². The standard InChI is InChI=1S/C12H16BrFN2O2/c1-12(11(15)17,16-5-6-18-2)8-3-4-10(14)9(13)7-8/h3-4,7,16H,5-6H2,1-2H3,(H2,15,17). The maximum atomic E-state index is 13.2. The minimum atomic E-state index is -1.06. The second-order valence-corrected chi connectivity index (χ2v) is 4.89. The van der Waals surface area contributed by atoms with E-state index in [9.17, 15) is 9.18 Å². The number of rotatable bonds is 6. The Kier molecular flexibility index (Phi) is 5.25. The minimum absolute atomic E-state index is 0.293. The maximum Gasteiger partial charge on any atom is 0.242 e. The van der Waals surface area contributed by atoms with Gasteiger partial charge in [0.2, 0.25) is 5.91 Å². The molecule has 0 aromatic heterocycles. The van der Waals surface area contributed by atoms with Gasteiger partial charge in [0.25, 0.3) is 0 Å². The zero-order chi connectivity index (χ0) is 13.8. The number of nitrogens with two attached hydrogens (primary N) is 1. The Morgan fingerprint density at radius 1 is 1.61 bits per heavy atom. The lowest BCUT2D eigenvalue weighted by molar-refractivity contribution is -0.124. The lowest BCUT2D eigenvalue weighted by atomic mass is 9.91. The lowest BCUT2D eigenvalue weighted by Crippen LogP contribution is -2.51. The summed E-state index contributed by atoms with van der Waals surface area (Å²) in [5.74, 6) is -0.917. The molecule has 100 valence electrons. The van der Waals surface area contributed by atoms with Crippen molar-refractivity contribution >= 4 is 21.8 Å². The molecule has 4 nitrogen and oxygen atoms in total. The van der Waals surface area contributed by atoms with E-state index in [1.54, 1.807) is 20.1 Å². The Labute approximate surface area is 114 Å². The summed E-state index contributed by atoms with van der Waals surface area (Å²) in [5, 5.41) is 3.02. The van der Waals surface area contributed by atoms with Crippen molar-refractivity contribution in [3.63, 3.8) is 0 Å². The number of ether oxygens (including phenoxy) is 1. The second-order valence-electron chi connectivity index (χ2n) is 4.04. The van der Waals surface area contributed by atoms with Crippen molar-refractivity contribution in [2.45, 2.75) is 12.5 Å². The van der Waals surface area contributed by atoms with Crippen LogP contribution in [0.2, 0.25) is 0 Å². The summed E-state index contributed by atoms with van der Waals surface area (Å²) >= 11 is 3.09. The Morgan fingerprint density at radius 2 is 2.28 bits per heavy atom. The molecule has 0 aliphatic rings. The summed E-state index contributed by atoms with van der Waals surface area (Å²) < 4.78 is 18.4. The molecule has 0 saturated heterocycles. The normalized spacial score (nSPS) is 14.2. The highest BCUT2D eigenvalue weighted by Crippen LogP contribution is 2.25. The van der Waals surface area contributed by atoms with Crippen LogP contribution in [0, 0.1) is 5.82 Å². The predicted molar refractivity (Wildman–Crippen MR) is 70.5 cm³/mol. The lowest BCUT2D eigenvalue weighted by Gasteiger charge is -2.28. The molecule has 1 amide bonds. The number of nitrogens with one attached hydrogen (secondary N) is 1. The van der Waals surface area contributed by atoms with Gasteiger partial charge in [0.1, 0.15) is 11.4 Å². The quantitative estimate of drug-likeness (QED) is 0.782. The SMILES string of the molecule is COCCNC(C)(C(N)=O)c1ccc(F)c(Br)c1. The summed E-state index contributed by atoms with van der Waals surface area (Å²) in [6.45, 7) is 2.57. The van der Waals surface area contributed by atoms with Gasteiger partial charge in [0.05, 0.1) is 11.1 Å². The molecule has 1 atom stereocenters. The summed E-state index contributed by atoms with van der Waals surface area (Å²) in [4.78, 5) is 11.6. The second kappa shape index (κ2) is 6.26. The molecule has 1 aromatic rings. The molecule has 1 rings (SSSR count). The van der Waals surface area contributed by atoms with Crippen molar-refractivity contribution in [2.24, 2.45) is 5.73 Å². The van der Waals surface area contributed by atoms with Crippen LogP contribution in [0.5, 0.6) is 0 Å². The molecule has 0 heterocycles. The van der Waals surface area contributed by atoms with E-state index in [2.05, 4.69) is 21.2 Å². The van der Waals surface area contributed by atoms with Gasteiger partial charge in [-0.25, -0.2) is 4.39 Å². The number of amides is 1. The van der Waals surface area contributed by atoms with E-state index in [4.69, 9.17) is 10.5 Å². The highest BCUT2D eigenvalue weighted by molar-refractivity contribution is 9.10. The third-order valence-electron chi connectivity index (χ3n) is 2.77. The molecular weight excluding hydrogens is 303 g/mol.